The van der Waals surface area contributed by atoms with E-state index in [0.29, 0.717) is 12.0 Å². The molecule has 17 heavy (non-hydrogen) atoms. The van der Waals surface area contributed by atoms with E-state index in [0.717, 1.165) is 5.56 Å². The molecule has 0 aliphatic carbocycles. The van der Waals surface area contributed by atoms with Gasteiger partial charge in [0.2, 0.25) is 0 Å². The second kappa shape index (κ2) is 5.21. The molecule has 1 aromatic carbocycles. The molecule has 0 aromatic heterocycles. The van der Waals surface area contributed by atoms with Gasteiger partial charge in [-0.1, -0.05) is 0 Å². The smallest absolute Gasteiger partial charge is 0.407 e. The summed E-state index contributed by atoms with van der Waals surface area (Å²) < 4.78 is 0. The summed E-state index contributed by atoms with van der Waals surface area (Å²) in [6.45, 7) is 1.77. The summed E-state index contributed by atoms with van der Waals surface area (Å²) in [6.07, 6.45) is -0.551. The van der Waals surface area contributed by atoms with Crippen LogP contribution in [0.1, 0.15) is 18.1 Å². The summed E-state index contributed by atoms with van der Waals surface area (Å²) in [7, 11) is 1.49. The van der Waals surface area contributed by atoms with Gasteiger partial charge in [-0.05, 0) is 37.1 Å². The molecule has 0 aliphatic heterocycles. The lowest BCUT2D eigenvalue weighted by atomic mass is 10.0. The van der Waals surface area contributed by atoms with Crippen molar-refractivity contribution in [3.8, 4) is 11.8 Å². The zero-order valence-electron chi connectivity index (χ0n) is 9.71. The molecule has 90 valence electrons. The first-order valence-corrected chi connectivity index (χ1v) is 5.13. The Bertz CT molecular complexity index is 465. The van der Waals surface area contributed by atoms with E-state index in [1.54, 1.807) is 13.0 Å². The van der Waals surface area contributed by atoms with Crippen LogP contribution in [-0.2, 0) is 6.42 Å². The van der Waals surface area contributed by atoms with E-state index in [2.05, 4.69) is 0 Å². The Morgan fingerprint density at radius 2 is 2.18 bits per heavy atom. The highest BCUT2D eigenvalue weighted by atomic mass is 16.4. The second-order valence-electron chi connectivity index (χ2n) is 3.95. The first kappa shape index (κ1) is 12.8. The predicted octanol–water partition coefficient (Wildman–Crippen LogP) is 1.80. The molecule has 0 radical (unpaired) electrons. The Morgan fingerprint density at radius 1 is 1.53 bits per heavy atom. The van der Waals surface area contributed by atoms with Crippen LogP contribution < -0.4 is 0 Å². The third-order valence-corrected chi connectivity index (χ3v) is 2.60. The molecule has 0 heterocycles. The minimum absolute atomic E-state index is 0.0178. The second-order valence-corrected chi connectivity index (χ2v) is 3.95. The number of hydrogen-bond acceptors (Lipinski definition) is 3. The average Bonchev–Trinajstić information content (AvgIpc) is 2.26. The van der Waals surface area contributed by atoms with Crippen LogP contribution in [0.4, 0.5) is 4.79 Å². The molecule has 1 unspecified atom stereocenters. The van der Waals surface area contributed by atoms with Gasteiger partial charge in [-0.3, -0.25) is 0 Å². The van der Waals surface area contributed by atoms with E-state index in [9.17, 15) is 9.90 Å². The fourth-order valence-corrected chi connectivity index (χ4v) is 1.52. The maximum absolute atomic E-state index is 10.7. The number of phenolic OH excluding ortho intramolecular Hbond substituents is 1. The molecular weight excluding hydrogens is 220 g/mol. The van der Waals surface area contributed by atoms with Crippen LogP contribution in [0.5, 0.6) is 5.75 Å². The van der Waals surface area contributed by atoms with Crippen LogP contribution in [0.3, 0.4) is 0 Å². The highest BCUT2D eigenvalue weighted by molar-refractivity contribution is 5.65. The van der Waals surface area contributed by atoms with Crippen molar-refractivity contribution in [3.05, 3.63) is 29.3 Å². The molecule has 2 N–H and O–H groups in total. The number of carboxylic acid groups (broad SMARTS) is 1. The summed E-state index contributed by atoms with van der Waals surface area (Å²) in [4.78, 5) is 11.9. The fourth-order valence-electron chi connectivity index (χ4n) is 1.52. The molecule has 1 aromatic rings. The molecule has 0 saturated carbocycles. The molecule has 5 heteroatoms. The van der Waals surface area contributed by atoms with Gasteiger partial charge in [0.1, 0.15) is 5.75 Å². The number of carbonyl (C=O) groups is 1. The van der Waals surface area contributed by atoms with Crippen molar-refractivity contribution in [2.24, 2.45) is 0 Å². The maximum Gasteiger partial charge on any atom is 0.407 e. The number of hydrogen-bond donors (Lipinski definition) is 2. The SMILES string of the molecule is CC(Cc1cc(O)cc(C#N)c1)N(C)C(=O)O. The van der Waals surface area contributed by atoms with Crippen LogP contribution in [0, 0.1) is 11.3 Å². The molecular formula is C12H14N2O3. The summed E-state index contributed by atoms with van der Waals surface area (Å²) in [5, 5.41) is 27.0. The molecule has 0 bridgehead atoms. The molecule has 0 spiro atoms. The highest BCUT2D eigenvalue weighted by Crippen LogP contribution is 2.17. The van der Waals surface area contributed by atoms with Crippen LogP contribution in [-0.4, -0.2) is 34.3 Å². The van der Waals surface area contributed by atoms with Gasteiger partial charge in [-0.25, -0.2) is 4.79 Å². The summed E-state index contributed by atoms with van der Waals surface area (Å²) >= 11 is 0. The minimum atomic E-state index is -1.00. The zero-order chi connectivity index (χ0) is 13.0. The van der Waals surface area contributed by atoms with E-state index >= 15 is 0 Å². The summed E-state index contributed by atoms with van der Waals surface area (Å²) in [5.74, 6) is 0.0178. The number of aromatic hydroxyl groups is 1. The maximum atomic E-state index is 10.7. The van der Waals surface area contributed by atoms with Crippen molar-refractivity contribution < 1.29 is 15.0 Å². The normalized spacial score (nSPS) is 11.6. The summed E-state index contributed by atoms with van der Waals surface area (Å²) in [6, 6.07) is 6.27. The Hall–Kier alpha value is -2.22. The number of rotatable bonds is 3. The Kier molecular flexibility index (Phi) is 3.94. The fraction of sp³-hybridized carbons (Fsp3) is 0.333. The first-order valence-electron chi connectivity index (χ1n) is 5.13. The van der Waals surface area contributed by atoms with Gasteiger partial charge in [0.15, 0.2) is 0 Å². The van der Waals surface area contributed by atoms with Crippen molar-refractivity contribution in [1.82, 2.24) is 4.90 Å². The van der Waals surface area contributed by atoms with Gasteiger partial charge in [-0.2, -0.15) is 5.26 Å². The average molecular weight is 234 g/mol. The van der Waals surface area contributed by atoms with Crippen molar-refractivity contribution in [3.63, 3.8) is 0 Å². The van der Waals surface area contributed by atoms with E-state index in [1.807, 2.05) is 6.07 Å². The number of phenols is 1. The first-order chi connectivity index (χ1) is 7.93. The van der Waals surface area contributed by atoms with Crippen molar-refractivity contribution in [2.75, 3.05) is 7.05 Å². The van der Waals surface area contributed by atoms with Crippen LogP contribution in [0.15, 0.2) is 18.2 Å². The van der Waals surface area contributed by atoms with Crippen LogP contribution >= 0.6 is 0 Å². The molecule has 0 aliphatic rings. The minimum Gasteiger partial charge on any atom is -0.508 e. The van der Waals surface area contributed by atoms with Gasteiger partial charge < -0.3 is 15.1 Å². The molecule has 0 saturated heterocycles. The Morgan fingerprint density at radius 3 is 2.71 bits per heavy atom. The lowest BCUT2D eigenvalue weighted by Gasteiger charge is -2.21. The molecule has 1 rings (SSSR count). The van der Waals surface area contributed by atoms with E-state index < -0.39 is 6.09 Å². The number of nitriles is 1. The molecule has 5 nitrogen and oxygen atoms in total. The van der Waals surface area contributed by atoms with Crippen molar-refractivity contribution in [1.29, 1.82) is 5.26 Å². The van der Waals surface area contributed by atoms with Crippen molar-refractivity contribution in [2.45, 2.75) is 19.4 Å². The summed E-state index contributed by atoms with van der Waals surface area (Å²) in [5.41, 5.74) is 1.10. The van der Waals surface area contributed by atoms with E-state index in [1.165, 1.54) is 24.1 Å². The number of amides is 1. The van der Waals surface area contributed by atoms with Gasteiger partial charge >= 0.3 is 6.09 Å². The standard InChI is InChI=1S/C12H14N2O3/c1-8(14(2)12(16)17)3-9-4-10(7-13)6-11(15)5-9/h4-6,8,15H,3H2,1-2H3,(H,16,17). The molecule has 1 atom stereocenters. The lowest BCUT2D eigenvalue weighted by Crippen LogP contribution is -2.35. The molecule has 0 fully saturated rings. The number of benzene rings is 1. The highest BCUT2D eigenvalue weighted by Gasteiger charge is 2.15. The predicted molar refractivity (Wildman–Crippen MR) is 61.8 cm³/mol. The van der Waals surface area contributed by atoms with Crippen LogP contribution in [0.2, 0.25) is 0 Å². The number of nitrogens with zero attached hydrogens (tertiary/aromatic N) is 2. The quantitative estimate of drug-likeness (QED) is 0.835. The number of likely N-dealkylation sites (N-methyl/N-ethyl adjacent to an activating group) is 1. The zero-order valence-corrected chi connectivity index (χ0v) is 9.71. The topological polar surface area (TPSA) is 84.6 Å². The largest absolute Gasteiger partial charge is 0.508 e. The van der Waals surface area contributed by atoms with Gasteiger partial charge in [-0.15, -0.1) is 0 Å². The molecule has 1 amide bonds. The third-order valence-electron chi connectivity index (χ3n) is 2.60. The van der Waals surface area contributed by atoms with E-state index in [4.69, 9.17) is 10.4 Å². The Balaban J connectivity index is 2.85. The lowest BCUT2D eigenvalue weighted by molar-refractivity contribution is 0.141. The van der Waals surface area contributed by atoms with Crippen molar-refractivity contribution >= 4 is 6.09 Å². The van der Waals surface area contributed by atoms with Gasteiger partial charge in [0.05, 0.1) is 11.6 Å². The Labute approximate surface area is 99.5 Å². The monoisotopic (exact) mass is 234 g/mol. The van der Waals surface area contributed by atoms with Crippen LogP contribution in [0.25, 0.3) is 0 Å². The van der Waals surface area contributed by atoms with Gasteiger partial charge in [0, 0.05) is 13.1 Å². The van der Waals surface area contributed by atoms with Gasteiger partial charge in [0.25, 0.3) is 0 Å². The third kappa shape index (κ3) is 3.38. The van der Waals surface area contributed by atoms with E-state index in [-0.39, 0.29) is 11.8 Å².